The molecule has 0 atom stereocenters. The van der Waals surface area contributed by atoms with Crippen LogP contribution in [0.25, 0.3) is 6.08 Å². The molecule has 0 bridgehead atoms. The van der Waals surface area contributed by atoms with E-state index in [9.17, 15) is 4.79 Å². The molecule has 1 aliphatic rings. The zero-order valence-corrected chi connectivity index (χ0v) is 6.45. The van der Waals surface area contributed by atoms with Crippen molar-refractivity contribution in [2.45, 2.75) is 0 Å². The molecular formula is C8H9N3O. The fraction of sp³-hybridized carbons (Fsp3) is 0.125. The first-order valence-electron chi connectivity index (χ1n) is 3.69. The molecule has 0 radical (unpaired) electrons. The van der Waals surface area contributed by atoms with Gasteiger partial charge in [0, 0.05) is 24.5 Å². The van der Waals surface area contributed by atoms with Crippen molar-refractivity contribution in [3.63, 3.8) is 0 Å². The summed E-state index contributed by atoms with van der Waals surface area (Å²) in [6.07, 6.45) is 7.36. The maximum atomic E-state index is 10.8. The second kappa shape index (κ2) is 2.41. The van der Waals surface area contributed by atoms with Crippen LogP contribution in [0.2, 0.25) is 0 Å². The van der Waals surface area contributed by atoms with E-state index >= 15 is 0 Å². The van der Waals surface area contributed by atoms with E-state index in [1.54, 1.807) is 12.4 Å². The number of hydrogen-bond donors (Lipinski definition) is 2. The fourth-order valence-corrected chi connectivity index (χ4v) is 1.23. The highest BCUT2D eigenvalue weighted by Crippen LogP contribution is 2.20. The average Bonchev–Trinajstić information content (AvgIpc) is 2.46. The van der Waals surface area contributed by atoms with Gasteiger partial charge in [-0.3, -0.25) is 4.57 Å². The molecule has 1 aromatic heterocycles. The van der Waals surface area contributed by atoms with E-state index in [4.69, 9.17) is 5.73 Å². The van der Waals surface area contributed by atoms with Crippen LogP contribution in [0.3, 0.4) is 0 Å². The Labute approximate surface area is 69.7 Å². The maximum absolute atomic E-state index is 10.8. The molecule has 3 N–H and O–H groups in total. The Balaban J connectivity index is 2.46. The minimum atomic E-state index is -0.459. The Morgan fingerprint density at radius 2 is 2.42 bits per heavy atom. The average molecular weight is 163 g/mol. The second-order valence-electron chi connectivity index (χ2n) is 2.66. The largest absolute Gasteiger partial charge is 0.380 e. The highest BCUT2D eigenvalue weighted by Gasteiger charge is 2.08. The molecule has 4 heteroatoms. The lowest BCUT2D eigenvalue weighted by Gasteiger charge is -2.05. The highest BCUT2D eigenvalue weighted by molar-refractivity contribution is 5.80. The van der Waals surface area contributed by atoms with Gasteiger partial charge in [0.25, 0.3) is 0 Å². The van der Waals surface area contributed by atoms with Crippen molar-refractivity contribution in [3.8, 4) is 0 Å². The lowest BCUT2D eigenvalue weighted by Crippen LogP contribution is -2.17. The van der Waals surface area contributed by atoms with Gasteiger partial charge in [-0.1, -0.05) is 12.2 Å². The van der Waals surface area contributed by atoms with Gasteiger partial charge in [0.1, 0.15) is 0 Å². The minimum Gasteiger partial charge on any atom is -0.380 e. The maximum Gasteiger partial charge on any atom is 0.322 e. The standard InChI is InChI=1S/C8H9N3O/c9-8(12)11-4-6-2-1-3-10-7(6)5-11/h1-2,4-5,10H,3H2,(H2,9,12). The lowest BCUT2D eigenvalue weighted by molar-refractivity contribution is 0.250. The van der Waals surface area contributed by atoms with Crippen LogP contribution in [0.4, 0.5) is 10.5 Å². The number of nitrogens with two attached hydrogens (primary N) is 1. The Hall–Kier alpha value is -1.71. The molecule has 62 valence electrons. The number of carbonyl (C=O) groups is 1. The van der Waals surface area contributed by atoms with Crippen molar-refractivity contribution < 1.29 is 4.79 Å². The summed E-state index contributed by atoms with van der Waals surface area (Å²) < 4.78 is 1.37. The lowest BCUT2D eigenvalue weighted by atomic mass is 10.2. The number of hydrogen-bond acceptors (Lipinski definition) is 2. The predicted molar refractivity (Wildman–Crippen MR) is 46.9 cm³/mol. The van der Waals surface area contributed by atoms with Gasteiger partial charge in [0.15, 0.2) is 0 Å². The summed E-state index contributed by atoms with van der Waals surface area (Å²) in [5.74, 6) is 0. The molecule has 12 heavy (non-hydrogen) atoms. The molecule has 1 aliphatic heterocycles. The van der Waals surface area contributed by atoms with Crippen LogP contribution in [-0.4, -0.2) is 17.1 Å². The second-order valence-corrected chi connectivity index (χ2v) is 2.66. The van der Waals surface area contributed by atoms with Crippen LogP contribution in [0.5, 0.6) is 0 Å². The highest BCUT2D eigenvalue weighted by atomic mass is 16.2. The molecule has 4 nitrogen and oxygen atoms in total. The van der Waals surface area contributed by atoms with Crippen LogP contribution in [0.15, 0.2) is 18.5 Å². The van der Waals surface area contributed by atoms with Gasteiger partial charge in [-0.2, -0.15) is 0 Å². The van der Waals surface area contributed by atoms with Crippen molar-refractivity contribution in [2.75, 3.05) is 11.9 Å². The molecule has 0 spiro atoms. The first-order chi connectivity index (χ1) is 5.77. The molecule has 1 amide bonds. The molecule has 0 saturated heterocycles. The number of primary amides is 1. The zero-order valence-electron chi connectivity index (χ0n) is 6.45. The summed E-state index contributed by atoms with van der Waals surface area (Å²) in [5.41, 5.74) is 7.05. The number of nitrogens with one attached hydrogen (secondary N) is 1. The Morgan fingerprint density at radius 3 is 3.08 bits per heavy atom. The topological polar surface area (TPSA) is 60.1 Å². The summed E-state index contributed by atoms with van der Waals surface area (Å²) in [6.45, 7) is 0.801. The van der Waals surface area contributed by atoms with E-state index < -0.39 is 6.03 Å². The van der Waals surface area contributed by atoms with Crippen molar-refractivity contribution in [3.05, 3.63) is 24.0 Å². The van der Waals surface area contributed by atoms with Crippen molar-refractivity contribution >= 4 is 17.8 Å². The van der Waals surface area contributed by atoms with Gasteiger partial charge in [-0.05, 0) is 0 Å². The molecule has 0 fully saturated rings. The van der Waals surface area contributed by atoms with Crippen LogP contribution in [-0.2, 0) is 0 Å². The number of amides is 1. The van der Waals surface area contributed by atoms with Gasteiger partial charge < -0.3 is 11.1 Å². The summed E-state index contributed by atoms with van der Waals surface area (Å²) >= 11 is 0. The van der Waals surface area contributed by atoms with Crippen molar-refractivity contribution in [2.24, 2.45) is 5.73 Å². The third-order valence-corrected chi connectivity index (χ3v) is 1.82. The van der Waals surface area contributed by atoms with Crippen molar-refractivity contribution in [1.82, 2.24) is 4.57 Å². The summed E-state index contributed by atoms with van der Waals surface area (Å²) in [6, 6.07) is -0.459. The smallest absolute Gasteiger partial charge is 0.322 e. The number of fused-ring (bicyclic) bond motifs is 1. The van der Waals surface area contributed by atoms with E-state index in [1.807, 2.05) is 12.2 Å². The predicted octanol–water partition coefficient (Wildman–Crippen LogP) is 0.854. The number of rotatable bonds is 0. The van der Waals surface area contributed by atoms with Crippen molar-refractivity contribution in [1.29, 1.82) is 0 Å². The molecule has 2 heterocycles. The van der Waals surface area contributed by atoms with Crippen LogP contribution in [0.1, 0.15) is 5.56 Å². The summed E-state index contributed by atoms with van der Waals surface area (Å²) in [4.78, 5) is 10.8. The molecule has 0 aliphatic carbocycles. The van der Waals surface area contributed by atoms with E-state index in [-0.39, 0.29) is 0 Å². The van der Waals surface area contributed by atoms with E-state index in [1.165, 1.54) is 4.57 Å². The Bertz CT molecular complexity index is 351. The van der Waals surface area contributed by atoms with Gasteiger partial charge >= 0.3 is 6.03 Å². The van der Waals surface area contributed by atoms with E-state index in [2.05, 4.69) is 5.32 Å². The van der Waals surface area contributed by atoms with Crippen LogP contribution >= 0.6 is 0 Å². The monoisotopic (exact) mass is 163 g/mol. The molecular weight excluding hydrogens is 154 g/mol. The minimum absolute atomic E-state index is 0.459. The van der Waals surface area contributed by atoms with Crippen LogP contribution in [0, 0.1) is 0 Å². The zero-order chi connectivity index (χ0) is 8.55. The van der Waals surface area contributed by atoms with Gasteiger partial charge in [-0.25, -0.2) is 4.79 Å². The number of carbonyl (C=O) groups excluding carboxylic acids is 1. The molecule has 0 unspecified atom stereocenters. The van der Waals surface area contributed by atoms with Gasteiger partial charge in [0.05, 0.1) is 5.69 Å². The van der Waals surface area contributed by atoms with Gasteiger partial charge in [0.2, 0.25) is 0 Å². The third kappa shape index (κ3) is 0.972. The quantitative estimate of drug-likeness (QED) is 0.595. The van der Waals surface area contributed by atoms with E-state index in [0.717, 1.165) is 17.8 Å². The molecule has 2 rings (SSSR count). The number of aromatic nitrogens is 1. The van der Waals surface area contributed by atoms with E-state index in [0.29, 0.717) is 0 Å². The fourth-order valence-electron chi connectivity index (χ4n) is 1.23. The first kappa shape index (κ1) is 6.97. The van der Waals surface area contributed by atoms with Gasteiger partial charge in [-0.15, -0.1) is 0 Å². The first-order valence-corrected chi connectivity index (χ1v) is 3.69. The number of anilines is 1. The molecule has 0 aromatic carbocycles. The summed E-state index contributed by atoms with van der Waals surface area (Å²) in [7, 11) is 0. The molecule has 0 saturated carbocycles. The number of nitrogens with zero attached hydrogens (tertiary/aromatic N) is 1. The molecule has 1 aromatic rings. The SMILES string of the molecule is NC(=O)n1cc2c(c1)NCC=C2. The summed E-state index contributed by atoms with van der Waals surface area (Å²) in [5, 5.41) is 3.12. The third-order valence-electron chi connectivity index (χ3n) is 1.82. The Kier molecular flexibility index (Phi) is 1.40. The normalized spacial score (nSPS) is 13.7. The Morgan fingerprint density at radius 1 is 1.58 bits per heavy atom. The van der Waals surface area contributed by atoms with Crippen LogP contribution < -0.4 is 11.1 Å².